The molecule has 2 aromatic rings. The zero-order chi connectivity index (χ0) is 14.6. The van der Waals surface area contributed by atoms with Crippen LogP contribution < -0.4 is 0 Å². The van der Waals surface area contributed by atoms with Crippen LogP contribution in [-0.2, 0) is 16.2 Å². The monoisotopic (exact) mass is 289 g/mol. The smallest absolute Gasteiger partial charge is 0.110 e. The van der Waals surface area contributed by atoms with Gasteiger partial charge in [-0.3, -0.25) is 4.98 Å². The normalized spacial score (nSPS) is 13.8. The van der Waals surface area contributed by atoms with Gasteiger partial charge in [0.15, 0.2) is 0 Å². The molecule has 1 unspecified atom stereocenters. The number of nitrogens with zero attached hydrogens (tertiary/aromatic N) is 1. The predicted octanol–water partition coefficient (Wildman–Crippen LogP) is 3.33. The number of pyridine rings is 1. The number of aromatic nitrogens is 1. The molecule has 0 bridgehead atoms. The molecule has 1 N–H and O–H groups in total. The molecule has 1 aromatic carbocycles. The van der Waals surface area contributed by atoms with Gasteiger partial charge in [-0.2, -0.15) is 0 Å². The fourth-order valence-electron chi connectivity index (χ4n) is 2.01. The molecule has 0 spiro atoms. The molecule has 1 heterocycles. The van der Waals surface area contributed by atoms with E-state index >= 15 is 0 Å². The Hall–Kier alpha value is -1.65. The minimum absolute atomic E-state index is 0.431. The van der Waals surface area contributed by atoms with Gasteiger partial charge in [0.2, 0.25) is 0 Å². The predicted molar refractivity (Wildman–Crippen MR) is 83.5 cm³/mol. The number of rotatable bonds is 4. The van der Waals surface area contributed by atoms with Gasteiger partial charge in [-0.15, -0.1) is 0 Å². The first-order chi connectivity index (χ1) is 9.54. The molecule has 0 aliphatic rings. The molecule has 0 amide bonds. The van der Waals surface area contributed by atoms with Crippen LogP contribution in [0.2, 0.25) is 0 Å². The molecule has 0 aliphatic carbocycles. The van der Waals surface area contributed by atoms with Gasteiger partial charge >= 0.3 is 0 Å². The van der Waals surface area contributed by atoms with Crippen LogP contribution in [-0.4, -0.2) is 18.6 Å². The molecule has 20 heavy (non-hydrogen) atoms. The summed E-state index contributed by atoms with van der Waals surface area (Å²) < 4.78 is 23.2. The summed E-state index contributed by atoms with van der Waals surface area (Å²) in [4.78, 5) is 5.31. The Kier molecular flexibility index (Phi) is 4.57. The molecular weight excluding hydrogens is 270 g/mol. The minimum Gasteiger partial charge on any atom is -0.310 e. The van der Waals surface area contributed by atoms with Crippen molar-refractivity contribution < 1.29 is 8.76 Å². The summed E-state index contributed by atoms with van der Waals surface area (Å²) >= 11 is 0. The standard InChI is InChI=1S/C16H19NO2S/c1-3-15(12-14-6-4-5-11-17-14)20(18,19)16-9-7-13(2)8-10-16/h4-11H,3,12H2,1-2H3,(H,18,19). The van der Waals surface area contributed by atoms with E-state index in [9.17, 15) is 8.76 Å². The average molecular weight is 289 g/mol. The SMILES string of the molecule is CCC(Cc1ccccn1)=S(=O)(O)c1ccc(C)cc1. The van der Waals surface area contributed by atoms with Crippen LogP contribution in [0.4, 0.5) is 0 Å². The maximum Gasteiger partial charge on any atom is 0.110 e. The Labute approximate surface area is 120 Å². The quantitative estimate of drug-likeness (QED) is 0.878. The minimum atomic E-state index is -3.14. The Morgan fingerprint density at radius 3 is 2.45 bits per heavy atom. The number of aryl methyl sites for hydroxylation is 1. The van der Waals surface area contributed by atoms with Crippen LogP contribution in [0.3, 0.4) is 0 Å². The average Bonchev–Trinajstić information content (AvgIpc) is 2.46. The van der Waals surface area contributed by atoms with Crippen LogP contribution in [0.5, 0.6) is 0 Å². The van der Waals surface area contributed by atoms with Gasteiger partial charge in [0, 0.05) is 23.2 Å². The summed E-state index contributed by atoms with van der Waals surface area (Å²) in [7, 11) is -3.14. The van der Waals surface area contributed by atoms with Gasteiger partial charge in [0.1, 0.15) is 9.80 Å². The molecular formula is C16H19NO2S. The highest BCUT2D eigenvalue weighted by molar-refractivity contribution is 7.97. The Morgan fingerprint density at radius 1 is 1.20 bits per heavy atom. The highest BCUT2D eigenvalue weighted by Gasteiger charge is 2.14. The molecule has 0 fully saturated rings. The summed E-state index contributed by atoms with van der Waals surface area (Å²) in [5, 5.41) is 0. The van der Waals surface area contributed by atoms with Gasteiger partial charge in [0.25, 0.3) is 0 Å². The van der Waals surface area contributed by atoms with Crippen molar-refractivity contribution in [2.24, 2.45) is 0 Å². The van der Waals surface area contributed by atoms with E-state index in [1.165, 1.54) is 0 Å². The summed E-state index contributed by atoms with van der Waals surface area (Å²) in [5.74, 6) is 0. The molecule has 1 aromatic heterocycles. The van der Waals surface area contributed by atoms with E-state index in [4.69, 9.17) is 0 Å². The summed E-state index contributed by atoms with van der Waals surface area (Å²) in [6.45, 7) is 3.86. The highest BCUT2D eigenvalue weighted by atomic mass is 32.2. The second-order valence-corrected chi connectivity index (χ2v) is 6.83. The van der Waals surface area contributed by atoms with Crippen molar-refractivity contribution in [2.45, 2.75) is 31.6 Å². The van der Waals surface area contributed by atoms with E-state index in [1.807, 2.05) is 44.2 Å². The van der Waals surface area contributed by atoms with E-state index in [2.05, 4.69) is 4.98 Å². The molecule has 0 aliphatic heterocycles. The third kappa shape index (κ3) is 3.26. The van der Waals surface area contributed by atoms with E-state index in [0.29, 0.717) is 22.6 Å². The van der Waals surface area contributed by atoms with Crippen LogP contribution in [0.15, 0.2) is 53.6 Å². The van der Waals surface area contributed by atoms with Gasteiger partial charge in [-0.25, -0.2) is 4.21 Å². The van der Waals surface area contributed by atoms with Crippen LogP contribution in [0.1, 0.15) is 24.6 Å². The highest BCUT2D eigenvalue weighted by Crippen LogP contribution is 2.15. The molecule has 3 nitrogen and oxygen atoms in total. The Balaban J connectivity index is 2.45. The fourth-order valence-corrected chi connectivity index (χ4v) is 3.59. The van der Waals surface area contributed by atoms with Crippen molar-refractivity contribution in [1.82, 2.24) is 4.98 Å². The fraction of sp³-hybridized carbons (Fsp3) is 0.250. The lowest BCUT2D eigenvalue weighted by Gasteiger charge is -2.12. The first-order valence-electron chi connectivity index (χ1n) is 6.62. The lowest BCUT2D eigenvalue weighted by molar-refractivity contribution is 0.558. The van der Waals surface area contributed by atoms with Crippen LogP contribution in [0, 0.1) is 6.92 Å². The van der Waals surface area contributed by atoms with Crippen molar-refractivity contribution in [3.8, 4) is 0 Å². The van der Waals surface area contributed by atoms with Crippen molar-refractivity contribution in [3.63, 3.8) is 0 Å². The zero-order valence-corrected chi connectivity index (χ0v) is 12.6. The lowest BCUT2D eigenvalue weighted by atomic mass is 10.2. The topological polar surface area (TPSA) is 50.2 Å². The zero-order valence-electron chi connectivity index (χ0n) is 11.7. The molecule has 0 saturated carbocycles. The molecule has 0 saturated heterocycles. The Morgan fingerprint density at radius 2 is 1.90 bits per heavy atom. The van der Waals surface area contributed by atoms with Crippen LogP contribution >= 0.6 is 0 Å². The molecule has 106 valence electrons. The number of benzene rings is 1. The maximum absolute atomic E-state index is 12.7. The second-order valence-electron chi connectivity index (χ2n) is 4.73. The largest absolute Gasteiger partial charge is 0.310 e. The van der Waals surface area contributed by atoms with Gasteiger partial charge in [-0.05, 0) is 37.6 Å². The van der Waals surface area contributed by atoms with Crippen molar-refractivity contribution in [1.29, 1.82) is 0 Å². The third-order valence-electron chi connectivity index (χ3n) is 3.23. The second kappa shape index (κ2) is 6.20. The molecule has 0 radical (unpaired) electrons. The van der Waals surface area contributed by atoms with Crippen molar-refractivity contribution in [3.05, 3.63) is 59.9 Å². The van der Waals surface area contributed by atoms with Crippen molar-refractivity contribution in [2.75, 3.05) is 0 Å². The van der Waals surface area contributed by atoms with Crippen LogP contribution in [0.25, 0.3) is 0 Å². The maximum atomic E-state index is 12.7. The van der Waals surface area contributed by atoms with Gasteiger partial charge in [0.05, 0.1) is 4.90 Å². The van der Waals surface area contributed by atoms with E-state index < -0.39 is 9.80 Å². The first kappa shape index (κ1) is 14.8. The molecule has 1 atom stereocenters. The first-order valence-corrected chi connectivity index (χ1v) is 8.13. The van der Waals surface area contributed by atoms with E-state index in [0.717, 1.165) is 11.3 Å². The van der Waals surface area contributed by atoms with Crippen molar-refractivity contribution >= 4 is 14.7 Å². The lowest BCUT2D eigenvalue weighted by Crippen LogP contribution is -2.16. The number of hydrogen-bond donors (Lipinski definition) is 1. The van der Waals surface area contributed by atoms with Gasteiger partial charge in [-0.1, -0.05) is 30.7 Å². The van der Waals surface area contributed by atoms with E-state index in [-0.39, 0.29) is 0 Å². The number of hydrogen-bond acceptors (Lipinski definition) is 2. The van der Waals surface area contributed by atoms with Gasteiger partial charge < -0.3 is 4.55 Å². The Bertz CT molecular complexity index is 684. The molecule has 4 heteroatoms. The summed E-state index contributed by atoms with van der Waals surface area (Å²) in [5.41, 5.74) is 1.89. The summed E-state index contributed by atoms with van der Waals surface area (Å²) in [6.07, 6.45) is 2.69. The van der Waals surface area contributed by atoms with E-state index in [1.54, 1.807) is 18.3 Å². The molecule has 2 rings (SSSR count). The third-order valence-corrected chi connectivity index (χ3v) is 5.36. The summed E-state index contributed by atoms with van der Waals surface area (Å²) in [6, 6.07) is 12.8.